The van der Waals surface area contributed by atoms with Crippen molar-refractivity contribution in [2.24, 2.45) is 5.92 Å². The smallest absolute Gasteiger partial charge is 0.240 e. The van der Waals surface area contributed by atoms with Crippen LogP contribution in [0, 0.1) is 5.92 Å². The maximum atomic E-state index is 12.1. The molecule has 1 aromatic rings. The Kier molecular flexibility index (Phi) is 7.93. The summed E-state index contributed by atoms with van der Waals surface area (Å²) >= 11 is 0. The van der Waals surface area contributed by atoms with Crippen LogP contribution >= 0.6 is 0 Å². The highest BCUT2D eigenvalue weighted by molar-refractivity contribution is 7.89. The summed E-state index contributed by atoms with van der Waals surface area (Å²) in [5, 5.41) is 3.30. The molecule has 21 heavy (non-hydrogen) atoms. The maximum absolute atomic E-state index is 12.1. The molecule has 0 amide bonds. The first-order chi connectivity index (χ1) is 9.95. The molecule has 0 unspecified atom stereocenters. The minimum atomic E-state index is -3.37. The molecule has 0 heterocycles. The fraction of sp³-hybridized carbons (Fsp3) is 0.625. The van der Waals surface area contributed by atoms with Gasteiger partial charge in [0.25, 0.3) is 0 Å². The SMILES string of the molecule is CCCNCc1ccc(S(=O)(=O)NCCCC(C)C)cc1. The summed E-state index contributed by atoms with van der Waals surface area (Å²) in [5.41, 5.74) is 1.10. The lowest BCUT2D eigenvalue weighted by molar-refractivity contribution is 0.540. The fourth-order valence-corrected chi connectivity index (χ4v) is 3.07. The van der Waals surface area contributed by atoms with Crippen LogP contribution in [0.3, 0.4) is 0 Å². The van der Waals surface area contributed by atoms with Crippen LogP contribution in [0.25, 0.3) is 0 Å². The molecule has 0 aliphatic heterocycles. The van der Waals surface area contributed by atoms with E-state index in [0.717, 1.165) is 37.9 Å². The van der Waals surface area contributed by atoms with Crippen LogP contribution in [0.2, 0.25) is 0 Å². The molecule has 0 aliphatic rings. The molecular formula is C16H28N2O2S. The van der Waals surface area contributed by atoms with Gasteiger partial charge in [-0.1, -0.05) is 32.9 Å². The van der Waals surface area contributed by atoms with Gasteiger partial charge in [-0.25, -0.2) is 13.1 Å². The van der Waals surface area contributed by atoms with Gasteiger partial charge < -0.3 is 5.32 Å². The Hall–Kier alpha value is -0.910. The number of rotatable bonds is 10. The number of nitrogens with one attached hydrogen (secondary N) is 2. The van der Waals surface area contributed by atoms with Crippen molar-refractivity contribution in [3.63, 3.8) is 0 Å². The summed E-state index contributed by atoms with van der Waals surface area (Å²) in [4.78, 5) is 0.339. The number of sulfonamides is 1. The lowest BCUT2D eigenvalue weighted by Crippen LogP contribution is -2.25. The van der Waals surface area contributed by atoms with Gasteiger partial charge in [-0.2, -0.15) is 0 Å². The molecule has 4 nitrogen and oxygen atoms in total. The second-order valence-electron chi connectivity index (χ2n) is 5.75. The Morgan fingerprint density at radius 1 is 1.10 bits per heavy atom. The van der Waals surface area contributed by atoms with Crippen LogP contribution in [-0.4, -0.2) is 21.5 Å². The van der Waals surface area contributed by atoms with Gasteiger partial charge in [-0.05, 0) is 49.4 Å². The third-order valence-electron chi connectivity index (χ3n) is 3.24. The normalized spacial score (nSPS) is 12.0. The van der Waals surface area contributed by atoms with E-state index in [4.69, 9.17) is 0 Å². The summed E-state index contributed by atoms with van der Waals surface area (Å²) < 4.78 is 26.9. The third-order valence-corrected chi connectivity index (χ3v) is 4.72. The molecule has 1 aromatic carbocycles. The molecule has 0 atom stereocenters. The van der Waals surface area contributed by atoms with Gasteiger partial charge in [0.2, 0.25) is 10.0 Å². The van der Waals surface area contributed by atoms with E-state index < -0.39 is 10.0 Å². The predicted octanol–water partition coefficient (Wildman–Crippen LogP) is 2.90. The quantitative estimate of drug-likeness (QED) is 0.653. The molecule has 0 saturated carbocycles. The minimum Gasteiger partial charge on any atom is -0.313 e. The van der Waals surface area contributed by atoms with Gasteiger partial charge >= 0.3 is 0 Å². The van der Waals surface area contributed by atoms with E-state index in [1.54, 1.807) is 12.1 Å². The minimum absolute atomic E-state index is 0.339. The molecule has 1 rings (SSSR count). The maximum Gasteiger partial charge on any atom is 0.240 e. The Bertz CT molecular complexity index is 496. The van der Waals surface area contributed by atoms with Gasteiger partial charge in [0.15, 0.2) is 0 Å². The average Bonchev–Trinajstić information content (AvgIpc) is 2.44. The second kappa shape index (κ2) is 9.18. The summed E-state index contributed by atoms with van der Waals surface area (Å²) in [6.45, 7) is 8.64. The van der Waals surface area contributed by atoms with E-state index in [1.807, 2.05) is 12.1 Å². The van der Waals surface area contributed by atoms with Crippen molar-refractivity contribution >= 4 is 10.0 Å². The summed E-state index contributed by atoms with van der Waals surface area (Å²) in [6.07, 6.45) is 2.99. The van der Waals surface area contributed by atoms with Crippen molar-refractivity contribution in [1.82, 2.24) is 10.0 Å². The Morgan fingerprint density at radius 3 is 2.33 bits per heavy atom. The standard InChI is InChI=1S/C16H28N2O2S/c1-4-11-17-13-15-7-9-16(10-8-15)21(19,20)18-12-5-6-14(2)3/h7-10,14,17-18H,4-6,11-13H2,1-3H3. The first-order valence-electron chi connectivity index (χ1n) is 7.75. The summed E-state index contributed by atoms with van der Waals surface area (Å²) in [6, 6.07) is 7.08. The molecule has 2 N–H and O–H groups in total. The molecule has 0 fully saturated rings. The highest BCUT2D eigenvalue weighted by atomic mass is 32.2. The van der Waals surface area contributed by atoms with E-state index in [2.05, 4.69) is 30.8 Å². The zero-order chi connectivity index (χ0) is 15.7. The van der Waals surface area contributed by atoms with Crippen LogP contribution in [0.15, 0.2) is 29.2 Å². The summed E-state index contributed by atoms with van der Waals surface area (Å²) in [7, 11) is -3.37. The van der Waals surface area contributed by atoms with E-state index in [0.29, 0.717) is 17.4 Å². The molecule has 0 radical (unpaired) electrons. The Morgan fingerprint density at radius 2 is 1.76 bits per heavy atom. The summed E-state index contributed by atoms with van der Waals surface area (Å²) in [5.74, 6) is 0.601. The zero-order valence-corrected chi connectivity index (χ0v) is 14.2. The second-order valence-corrected chi connectivity index (χ2v) is 7.52. The Labute approximate surface area is 129 Å². The topological polar surface area (TPSA) is 58.2 Å². The third kappa shape index (κ3) is 7.07. The first-order valence-corrected chi connectivity index (χ1v) is 9.23. The predicted molar refractivity (Wildman–Crippen MR) is 87.7 cm³/mol. The monoisotopic (exact) mass is 312 g/mol. The molecule has 0 spiro atoms. The number of hydrogen-bond acceptors (Lipinski definition) is 3. The van der Waals surface area contributed by atoms with Gasteiger partial charge in [0.1, 0.15) is 0 Å². The highest BCUT2D eigenvalue weighted by Gasteiger charge is 2.12. The van der Waals surface area contributed by atoms with Crippen molar-refractivity contribution < 1.29 is 8.42 Å². The zero-order valence-electron chi connectivity index (χ0n) is 13.4. The van der Waals surface area contributed by atoms with Gasteiger partial charge in [-0.15, -0.1) is 0 Å². The van der Waals surface area contributed by atoms with Crippen molar-refractivity contribution in [1.29, 1.82) is 0 Å². The highest BCUT2D eigenvalue weighted by Crippen LogP contribution is 2.11. The van der Waals surface area contributed by atoms with Crippen molar-refractivity contribution in [2.75, 3.05) is 13.1 Å². The van der Waals surface area contributed by atoms with Crippen LogP contribution in [0.4, 0.5) is 0 Å². The molecule has 0 aliphatic carbocycles. The molecule has 120 valence electrons. The van der Waals surface area contributed by atoms with Gasteiger partial charge in [-0.3, -0.25) is 0 Å². The van der Waals surface area contributed by atoms with Crippen LogP contribution in [-0.2, 0) is 16.6 Å². The lowest BCUT2D eigenvalue weighted by atomic mass is 10.1. The Balaban J connectivity index is 2.50. The molecule has 0 saturated heterocycles. The van der Waals surface area contributed by atoms with E-state index in [1.165, 1.54) is 0 Å². The lowest BCUT2D eigenvalue weighted by Gasteiger charge is -2.09. The van der Waals surface area contributed by atoms with E-state index >= 15 is 0 Å². The van der Waals surface area contributed by atoms with Crippen LogP contribution in [0.1, 0.15) is 45.6 Å². The van der Waals surface area contributed by atoms with Gasteiger partial charge in [0.05, 0.1) is 4.90 Å². The molecule has 5 heteroatoms. The van der Waals surface area contributed by atoms with Crippen molar-refractivity contribution in [2.45, 2.75) is 51.5 Å². The van der Waals surface area contributed by atoms with Crippen molar-refractivity contribution in [3.05, 3.63) is 29.8 Å². The molecule has 0 bridgehead atoms. The molecule has 0 aromatic heterocycles. The first kappa shape index (κ1) is 18.1. The van der Waals surface area contributed by atoms with Crippen LogP contribution < -0.4 is 10.0 Å². The number of benzene rings is 1. The number of hydrogen-bond donors (Lipinski definition) is 2. The van der Waals surface area contributed by atoms with E-state index in [9.17, 15) is 8.42 Å². The van der Waals surface area contributed by atoms with Crippen LogP contribution in [0.5, 0.6) is 0 Å². The fourth-order valence-electron chi connectivity index (χ4n) is 2.00. The molecular weight excluding hydrogens is 284 g/mol. The average molecular weight is 312 g/mol. The van der Waals surface area contributed by atoms with Gasteiger partial charge in [0, 0.05) is 13.1 Å². The van der Waals surface area contributed by atoms with E-state index in [-0.39, 0.29) is 0 Å². The largest absolute Gasteiger partial charge is 0.313 e. The van der Waals surface area contributed by atoms with Crippen molar-refractivity contribution in [3.8, 4) is 0 Å².